The van der Waals surface area contributed by atoms with Crippen LogP contribution in [0.4, 0.5) is 0 Å². The number of pyridine rings is 1. The van der Waals surface area contributed by atoms with Crippen LogP contribution in [0.5, 0.6) is 0 Å². The molecular weight excluding hydrogens is 166 g/mol. The molecule has 0 N–H and O–H groups in total. The molecule has 0 spiro atoms. The van der Waals surface area contributed by atoms with Gasteiger partial charge in [-0.3, -0.25) is 4.98 Å². The van der Waals surface area contributed by atoms with Gasteiger partial charge < -0.3 is 4.84 Å². The van der Waals surface area contributed by atoms with Gasteiger partial charge in [0.05, 0.1) is 6.20 Å². The molecule has 0 amide bonds. The molecule has 4 heteroatoms. The van der Waals surface area contributed by atoms with Crippen molar-refractivity contribution in [2.24, 2.45) is 0 Å². The van der Waals surface area contributed by atoms with Gasteiger partial charge in [-0.15, -0.1) is 0 Å². The van der Waals surface area contributed by atoms with E-state index in [1.807, 2.05) is 18.2 Å². The standard InChI is InChI=1S/C9H9N3O/c1-13-12-7-6-11-9(12)8-4-2-3-5-10-8/h2-7H,1H3. The Labute approximate surface area is 75.8 Å². The molecule has 0 bridgehead atoms. The number of hydrogen-bond donors (Lipinski definition) is 0. The summed E-state index contributed by atoms with van der Waals surface area (Å²) in [6.45, 7) is 0. The minimum absolute atomic E-state index is 0.711. The molecule has 2 rings (SSSR count). The fourth-order valence-corrected chi connectivity index (χ4v) is 1.11. The van der Waals surface area contributed by atoms with Gasteiger partial charge in [-0.2, -0.15) is 4.73 Å². The fourth-order valence-electron chi connectivity index (χ4n) is 1.11. The van der Waals surface area contributed by atoms with Gasteiger partial charge in [-0.05, 0) is 12.1 Å². The lowest BCUT2D eigenvalue weighted by molar-refractivity contribution is 0.171. The van der Waals surface area contributed by atoms with E-state index in [9.17, 15) is 0 Å². The van der Waals surface area contributed by atoms with Gasteiger partial charge in [0.1, 0.15) is 12.8 Å². The van der Waals surface area contributed by atoms with Crippen LogP contribution in [0, 0.1) is 0 Å². The van der Waals surface area contributed by atoms with Crippen LogP contribution < -0.4 is 4.84 Å². The molecule has 0 fully saturated rings. The van der Waals surface area contributed by atoms with Crippen molar-refractivity contribution in [3.8, 4) is 11.5 Å². The van der Waals surface area contributed by atoms with Crippen LogP contribution in [0.3, 0.4) is 0 Å². The summed E-state index contributed by atoms with van der Waals surface area (Å²) in [5.74, 6) is 0.711. The van der Waals surface area contributed by atoms with Crippen molar-refractivity contribution >= 4 is 0 Å². The molecule has 0 aromatic carbocycles. The summed E-state index contributed by atoms with van der Waals surface area (Å²) < 4.78 is 1.57. The van der Waals surface area contributed by atoms with E-state index in [1.54, 1.807) is 30.4 Å². The maximum atomic E-state index is 5.05. The predicted octanol–water partition coefficient (Wildman–Crippen LogP) is 1.00. The van der Waals surface area contributed by atoms with Crippen molar-refractivity contribution in [2.45, 2.75) is 0 Å². The zero-order valence-electron chi connectivity index (χ0n) is 7.21. The van der Waals surface area contributed by atoms with Crippen molar-refractivity contribution in [3.63, 3.8) is 0 Å². The van der Waals surface area contributed by atoms with Crippen molar-refractivity contribution in [1.82, 2.24) is 14.7 Å². The maximum absolute atomic E-state index is 5.05. The van der Waals surface area contributed by atoms with Crippen LogP contribution in [0.25, 0.3) is 11.5 Å². The van der Waals surface area contributed by atoms with E-state index in [1.165, 1.54) is 0 Å². The Morgan fingerprint density at radius 2 is 2.15 bits per heavy atom. The molecular formula is C9H9N3O. The Kier molecular flexibility index (Phi) is 1.96. The van der Waals surface area contributed by atoms with Crippen LogP contribution in [0.15, 0.2) is 36.8 Å². The molecule has 2 aromatic heterocycles. The molecule has 0 aliphatic heterocycles. The van der Waals surface area contributed by atoms with Crippen LogP contribution in [-0.4, -0.2) is 21.8 Å². The normalized spacial score (nSPS) is 9.92. The van der Waals surface area contributed by atoms with E-state index in [0.717, 1.165) is 5.69 Å². The average Bonchev–Trinajstić information content (AvgIpc) is 2.67. The number of nitrogens with zero attached hydrogens (tertiary/aromatic N) is 3. The highest BCUT2D eigenvalue weighted by Crippen LogP contribution is 2.11. The predicted molar refractivity (Wildman–Crippen MR) is 48.0 cm³/mol. The first-order valence-corrected chi connectivity index (χ1v) is 3.91. The third-order valence-electron chi connectivity index (χ3n) is 1.70. The van der Waals surface area contributed by atoms with E-state index < -0.39 is 0 Å². The summed E-state index contributed by atoms with van der Waals surface area (Å²) >= 11 is 0. The van der Waals surface area contributed by atoms with Gasteiger partial charge in [0.25, 0.3) is 0 Å². The summed E-state index contributed by atoms with van der Waals surface area (Å²) in [5.41, 5.74) is 0.800. The Morgan fingerprint density at radius 1 is 1.23 bits per heavy atom. The highest BCUT2D eigenvalue weighted by Gasteiger charge is 2.05. The molecule has 0 radical (unpaired) electrons. The van der Waals surface area contributed by atoms with Crippen LogP contribution >= 0.6 is 0 Å². The second kappa shape index (κ2) is 3.26. The Morgan fingerprint density at radius 3 is 2.85 bits per heavy atom. The lowest BCUT2D eigenvalue weighted by atomic mass is 10.3. The number of imidazole rings is 1. The van der Waals surface area contributed by atoms with Gasteiger partial charge >= 0.3 is 0 Å². The van der Waals surface area contributed by atoms with Crippen LogP contribution in [0.1, 0.15) is 0 Å². The molecule has 0 atom stereocenters. The molecule has 66 valence electrons. The zero-order chi connectivity index (χ0) is 9.10. The minimum Gasteiger partial charge on any atom is -0.415 e. The van der Waals surface area contributed by atoms with Crippen LogP contribution in [0.2, 0.25) is 0 Å². The summed E-state index contributed by atoms with van der Waals surface area (Å²) in [5, 5.41) is 0. The Bertz CT molecular complexity index is 383. The van der Waals surface area contributed by atoms with Gasteiger partial charge in [0.2, 0.25) is 0 Å². The quantitative estimate of drug-likeness (QED) is 0.683. The van der Waals surface area contributed by atoms with Crippen LogP contribution in [-0.2, 0) is 0 Å². The molecule has 0 saturated heterocycles. The molecule has 13 heavy (non-hydrogen) atoms. The third-order valence-corrected chi connectivity index (χ3v) is 1.70. The summed E-state index contributed by atoms with van der Waals surface area (Å²) in [4.78, 5) is 13.4. The molecule has 0 aliphatic carbocycles. The molecule has 0 unspecified atom stereocenters. The number of rotatable bonds is 2. The molecule has 0 aliphatic rings. The second-order valence-corrected chi connectivity index (χ2v) is 2.47. The van der Waals surface area contributed by atoms with Gasteiger partial charge in [0.15, 0.2) is 5.82 Å². The highest BCUT2D eigenvalue weighted by molar-refractivity contribution is 5.48. The minimum atomic E-state index is 0.711. The first-order valence-electron chi connectivity index (χ1n) is 3.91. The van der Waals surface area contributed by atoms with E-state index in [0.29, 0.717) is 5.82 Å². The zero-order valence-corrected chi connectivity index (χ0v) is 7.21. The van der Waals surface area contributed by atoms with E-state index >= 15 is 0 Å². The van der Waals surface area contributed by atoms with Crippen molar-refractivity contribution in [1.29, 1.82) is 0 Å². The second-order valence-electron chi connectivity index (χ2n) is 2.47. The number of hydrogen-bond acceptors (Lipinski definition) is 3. The van der Waals surface area contributed by atoms with Crippen molar-refractivity contribution < 1.29 is 4.84 Å². The molecule has 0 saturated carbocycles. The largest absolute Gasteiger partial charge is 0.415 e. The first kappa shape index (κ1) is 7.79. The molecule has 4 nitrogen and oxygen atoms in total. The Balaban J connectivity index is 2.47. The van der Waals surface area contributed by atoms with Gasteiger partial charge in [-0.1, -0.05) is 6.07 Å². The monoisotopic (exact) mass is 175 g/mol. The smallest absolute Gasteiger partial charge is 0.194 e. The highest BCUT2D eigenvalue weighted by atomic mass is 16.6. The van der Waals surface area contributed by atoms with E-state index in [4.69, 9.17) is 4.84 Å². The Hall–Kier alpha value is -1.84. The van der Waals surface area contributed by atoms with Crippen molar-refractivity contribution in [2.75, 3.05) is 7.11 Å². The van der Waals surface area contributed by atoms with Crippen molar-refractivity contribution in [3.05, 3.63) is 36.8 Å². The summed E-state index contributed by atoms with van der Waals surface area (Å²) in [6, 6.07) is 5.67. The van der Waals surface area contributed by atoms with E-state index in [2.05, 4.69) is 9.97 Å². The lowest BCUT2D eigenvalue weighted by Crippen LogP contribution is -2.06. The lowest BCUT2D eigenvalue weighted by Gasteiger charge is -2.03. The van der Waals surface area contributed by atoms with Gasteiger partial charge in [0, 0.05) is 12.4 Å². The molecule has 2 heterocycles. The summed E-state index contributed by atoms with van der Waals surface area (Å²) in [6.07, 6.45) is 5.14. The third kappa shape index (κ3) is 1.38. The van der Waals surface area contributed by atoms with E-state index in [-0.39, 0.29) is 0 Å². The fraction of sp³-hybridized carbons (Fsp3) is 0.111. The SMILES string of the molecule is COn1ccnc1-c1ccccn1. The average molecular weight is 175 g/mol. The summed E-state index contributed by atoms with van der Waals surface area (Å²) in [7, 11) is 1.59. The number of aromatic nitrogens is 3. The van der Waals surface area contributed by atoms with Gasteiger partial charge in [-0.25, -0.2) is 4.98 Å². The molecule has 2 aromatic rings. The maximum Gasteiger partial charge on any atom is 0.194 e. The first-order chi connectivity index (χ1) is 6.42. The topological polar surface area (TPSA) is 39.9 Å².